The molecule has 4 aromatic rings. The van der Waals surface area contributed by atoms with Crippen LogP contribution >= 0.6 is 12.2 Å². The van der Waals surface area contributed by atoms with Gasteiger partial charge in [-0.15, -0.1) is 0 Å². The summed E-state index contributed by atoms with van der Waals surface area (Å²) in [7, 11) is 0. The van der Waals surface area contributed by atoms with Gasteiger partial charge in [-0.05, 0) is 60.7 Å². The molecule has 0 saturated carbocycles. The van der Waals surface area contributed by atoms with Crippen LogP contribution in [0.4, 0.5) is 5.69 Å². The second kappa shape index (κ2) is 9.30. The first kappa shape index (κ1) is 21.0. The van der Waals surface area contributed by atoms with E-state index >= 15 is 0 Å². The van der Waals surface area contributed by atoms with Crippen molar-refractivity contribution in [1.82, 2.24) is 19.8 Å². The molecule has 0 bridgehead atoms. The Morgan fingerprint density at radius 1 is 1.06 bits per heavy atom. The number of aromatic nitrogens is 2. The lowest BCUT2D eigenvalue weighted by Crippen LogP contribution is -2.37. The Balaban J connectivity index is 1.46. The van der Waals surface area contributed by atoms with Gasteiger partial charge in [-0.25, -0.2) is 0 Å². The van der Waals surface area contributed by atoms with Gasteiger partial charge in [0.25, 0.3) is 0 Å². The number of carbonyl (C=O) groups excluding carboxylic acids is 1. The number of anilines is 1. The third-order valence-electron chi connectivity index (χ3n) is 5.64. The number of para-hydroxylation sites is 1. The van der Waals surface area contributed by atoms with Crippen molar-refractivity contribution >= 4 is 28.9 Å². The van der Waals surface area contributed by atoms with Crippen molar-refractivity contribution in [2.24, 2.45) is 0 Å². The molecular formula is C25H23N5O2S. The fraction of sp³-hybridized carbons (Fsp3) is 0.160. The summed E-state index contributed by atoms with van der Waals surface area (Å²) in [6, 6.07) is 22.7. The van der Waals surface area contributed by atoms with Gasteiger partial charge in [0.05, 0.1) is 30.6 Å². The molecule has 5 rings (SSSR count). The quantitative estimate of drug-likeness (QED) is 0.407. The van der Waals surface area contributed by atoms with E-state index in [1.807, 2.05) is 77.8 Å². The van der Waals surface area contributed by atoms with E-state index < -0.39 is 0 Å². The Bertz CT molecular complexity index is 1220. The predicted octanol–water partition coefficient (Wildman–Crippen LogP) is 4.14. The van der Waals surface area contributed by atoms with Crippen LogP contribution in [0.1, 0.15) is 29.2 Å². The Labute approximate surface area is 197 Å². The number of nitrogens with one attached hydrogen (secondary N) is 2. The Morgan fingerprint density at radius 2 is 1.91 bits per heavy atom. The monoisotopic (exact) mass is 457 g/mol. The number of pyridine rings is 1. The van der Waals surface area contributed by atoms with Gasteiger partial charge in [0, 0.05) is 23.8 Å². The highest BCUT2D eigenvalue weighted by Crippen LogP contribution is 2.38. The SMILES string of the molecule is O=C(CN1C(=S)NC(c2ccccn2)C1c1cccn1Cc1ccco1)Nc1ccccc1. The van der Waals surface area contributed by atoms with Gasteiger partial charge in [-0.1, -0.05) is 24.3 Å². The van der Waals surface area contributed by atoms with Gasteiger partial charge in [-0.3, -0.25) is 9.78 Å². The van der Waals surface area contributed by atoms with E-state index in [0.717, 1.165) is 22.8 Å². The van der Waals surface area contributed by atoms with E-state index in [0.29, 0.717) is 11.7 Å². The molecule has 2 atom stereocenters. The van der Waals surface area contributed by atoms with Crippen LogP contribution in [0.3, 0.4) is 0 Å². The summed E-state index contributed by atoms with van der Waals surface area (Å²) in [6.45, 7) is 0.693. The maximum Gasteiger partial charge on any atom is 0.244 e. The van der Waals surface area contributed by atoms with Gasteiger partial charge in [0.15, 0.2) is 5.11 Å². The largest absolute Gasteiger partial charge is 0.467 e. The molecule has 0 aliphatic carbocycles. The van der Waals surface area contributed by atoms with Crippen LogP contribution in [0, 0.1) is 0 Å². The second-order valence-corrected chi connectivity index (χ2v) is 8.20. The Morgan fingerprint density at radius 3 is 2.67 bits per heavy atom. The highest BCUT2D eigenvalue weighted by atomic mass is 32.1. The predicted molar refractivity (Wildman–Crippen MR) is 129 cm³/mol. The number of benzene rings is 1. The summed E-state index contributed by atoms with van der Waals surface area (Å²) in [4.78, 5) is 19.4. The lowest BCUT2D eigenvalue weighted by molar-refractivity contribution is -0.116. The number of rotatable bonds is 7. The molecule has 7 nitrogen and oxygen atoms in total. The van der Waals surface area contributed by atoms with Crippen molar-refractivity contribution < 1.29 is 9.21 Å². The number of hydrogen-bond acceptors (Lipinski definition) is 4. The van der Waals surface area contributed by atoms with Crippen LogP contribution in [-0.2, 0) is 11.3 Å². The average Bonchev–Trinajstić information content (AvgIpc) is 3.57. The smallest absolute Gasteiger partial charge is 0.244 e. The molecule has 0 spiro atoms. The van der Waals surface area contributed by atoms with Crippen molar-refractivity contribution in [3.63, 3.8) is 0 Å². The highest BCUT2D eigenvalue weighted by molar-refractivity contribution is 7.80. The minimum Gasteiger partial charge on any atom is -0.467 e. The number of amides is 1. The Kier molecular flexibility index (Phi) is 5.91. The summed E-state index contributed by atoms with van der Waals surface area (Å²) in [5.74, 6) is 0.713. The lowest BCUT2D eigenvalue weighted by atomic mass is 10.0. The van der Waals surface area contributed by atoms with Gasteiger partial charge in [-0.2, -0.15) is 0 Å². The van der Waals surface area contributed by atoms with Gasteiger partial charge in [0.1, 0.15) is 12.3 Å². The molecule has 2 N–H and O–H groups in total. The molecule has 33 heavy (non-hydrogen) atoms. The lowest BCUT2D eigenvalue weighted by Gasteiger charge is -2.28. The molecule has 1 fully saturated rings. The number of carbonyl (C=O) groups is 1. The second-order valence-electron chi connectivity index (χ2n) is 7.81. The Hall–Kier alpha value is -3.91. The zero-order valence-electron chi connectivity index (χ0n) is 17.8. The molecule has 1 aliphatic rings. The van der Waals surface area contributed by atoms with Gasteiger partial charge < -0.3 is 24.5 Å². The zero-order valence-corrected chi connectivity index (χ0v) is 18.6. The van der Waals surface area contributed by atoms with E-state index in [9.17, 15) is 4.79 Å². The highest BCUT2D eigenvalue weighted by Gasteiger charge is 2.41. The van der Waals surface area contributed by atoms with Gasteiger partial charge >= 0.3 is 0 Å². The van der Waals surface area contributed by atoms with E-state index in [1.54, 1.807) is 12.5 Å². The standard InChI is InChI=1S/C25H23N5O2S/c31-22(27-18-8-2-1-3-9-18)17-30-24(23(28-25(30)33)20-11-4-5-13-26-20)21-12-6-14-29(21)16-19-10-7-15-32-19/h1-15,23-24H,16-17H2,(H,27,31)(H,28,33). The normalized spacial score (nSPS) is 17.7. The summed E-state index contributed by atoms with van der Waals surface area (Å²) in [6.07, 6.45) is 5.45. The van der Waals surface area contributed by atoms with Crippen LogP contribution in [0.5, 0.6) is 0 Å². The summed E-state index contributed by atoms with van der Waals surface area (Å²) in [5, 5.41) is 6.87. The first-order valence-electron chi connectivity index (χ1n) is 10.7. The average molecular weight is 458 g/mol. The number of furan rings is 1. The first-order chi connectivity index (χ1) is 16.2. The van der Waals surface area contributed by atoms with Crippen molar-refractivity contribution in [2.75, 3.05) is 11.9 Å². The third kappa shape index (κ3) is 4.51. The van der Waals surface area contributed by atoms with Crippen molar-refractivity contribution in [2.45, 2.75) is 18.6 Å². The summed E-state index contributed by atoms with van der Waals surface area (Å²) >= 11 is 5.69. The van der Waals surface area contributed by atoms with E-state index in [2.05, 4.69) is 26.3 Å². The van der Waals surface area contributed by atoms with Crippen LogP contribution in [0.15, 0.2) is 95.9 Å². The maximum atomic E-state index is 12.9. The number of thiocarbonyl (C=S) groups is 1. The molecule has 4 heterocycles. The minimum absolute atomic E-state index is 0.112. The fourth-order valence-electron chi connectivity index (χ4n) is 4.18. The van der Waals surface area contributed by atoms with Crippen molar-refractivity contribution in [3.8, 4) is 0 Å². The molecule has 1 amide bonds. The van der Waals surface area contributed by atoms with E-state index in [4.69, 9.17) is 16.6 Å². The first-order valence-corrected chi connectivity index (χ1v) is 11.1. The van der Waals surface area contributed by atoms with Crippen LogP contribution in [0.25, 0.3) is 0 Å². The summed E-state index contributed by atoms with van der Waals surface area (Å²) < 4.78 is 7.68. The van der Waals surface area contributed by atoms with Crippen LogP contribution < -0.4 is 10.6 Å². The molecule has 1 aliphatic heterocycles. The topological polar surface area (TPSA) is 75.3 Å². The van der Waals surface area contributed by atoms with Crippen LogP contribution in [0.2, 0.25) is 0 Å². The number of nitrogens with zero attached hydrogens (tertiary/aromatic N) is 3. The zero-order chi connectivity index (χ0) is 22.6. The third-order valence-corrected chi connectivity index (χ3v) is 6.00. The van der Waals surface area contributed by atoms with E-state index in [1.165, 1.54) is 0 Å². The molecule has 1 aromatic carbocycles. The van der Waals surface area contributed by atoms with Crippen LogP contribution in [-0.4, -0.2) is 32.0 Å². The number of hydrogen-bond donors (Lipinski definition) is 2. The molecule has 8 heteroatoms. The summed E-state index contributed by atoms with van der Waals surface area (Å²) in [5.41, 5.74) is 2.63. The van der Waals surface area contributed by atoms with E-state index in [-0.39, 0.29) is 24.5 Å². The van der Waals surface area contributed by atoms with Crippen molar-refractivity contribution in [1.29, 1.82) is 0 Å². The molecule has 2 unspecified atom stereocenters. The molecular weight excluding hydrogens is 434 g/mol. The maximum absolute atomic E-state index is 12.9. The molecule has 1 saturated heterocycles. The fourth-order valence-corrected chi connectivity index (χ4v) is 4.49. The molecule has 166 valence electrons. The molecule has 3 aromatic heterocycles. The molecule has 0 radical (unpaired) electrons. The minimum atomic E-state index is -0.223. The van der Waals surface area contributed by atoms with Crippen molar-refractivity contribution in [3.05, 3.63) is 109 Å². The van der Waals surface area contributed by atoms with Gasteiger partial charge in [0.2, 0.25) is 5.91 Å².